The molecule has 2 unspecified atom stereocenters. The molecule has 2 nitrogen and oxygen atoms in total. The fraction of sp³-hybridized carbons (Fsp3) is 0.400. The van der Waals surface area contributed by atoms with E-state index in [0.29, 0.717) is 6.61 Å². The Bertz CT molecular complexity index is 345. The molecule has 1 aromatic carbocycles. The number of benzene rings is 1. The zero-order valence-electron chi connectivity index (χ0n) is 7.54. The van der Waals surface area contributed by atoms with Gasteiger partial charge in [0.25, 0.3) is 0 Å². The highest BCUT2D eigenvalue weighted by Crippen LogP contribution is 2.29. The van der Waals surface area contributed by atoms with Gasteiger partial charge in [-0.05, 0) is 24.1 Å². The molecule has 1 saturated heterocycles. The van der Waals surface area contributed by atoms with Crippen molar-refractivity contribution in [3.05, 3.63) is 34.6 Å². The summed E-state index contributed by atoms with van der Waals surface area (Å²) in [4.78, 5) is 0. The van der Waals surface area contributed by atoms with Crippen molar-refractivity contribution < 1.29 is 9.13 Å². The van der Waals surface area contributed by atoms with E-state index in [1.165, 1.54) is 6.07 Å². The Labute approximate surface area is 86.8 Å². The monoisotopic (exact) mass is 215 g/mol. The van der Waals surface area contributed by atoms with E-state index >= 15 is 0 Å². The topological polar surface area (TPSA) is 35.2 Å². The van der Waals surface area contributed by atoms with E-state index in [1.54, 1.807) is 12.1 Å². The molecule has 2 rings (SSSR count). The molecule has 0 amide bonds. The zero-order chi connectivity index (χ0) is 10.1. The van der Waals surface area contributed by atoms with Crippen LogP contribution in [0.25, 0.3) is 0 Å². The van der Waals surface area contributed by atoms with Gasteiger partial charge in [0.15, 0.2) is 0 Å². The van der Waals surface area contributed by atoms with Crippen LogP contribution in [0.3, 0.4) is 0 Å². The summed E-state index contributed by atoms with van der Waals surface area (Å²) in [5, 5.41) is 0.116. The lowest BCUT2D eigenvalue weighted by atomic mass is 10.0. The Morgan fingerprint density at radius 3 is 2.86 bits per heavy atom. The molecule has 0 saturated carbocycles. The van der Waals surface area contributed by atoms with Crippen molar-refractivity contribution in [2.45, 2.75) is 18.6 Å². The largest absolute Gasteiger partial charge is 0.372 e. The first kappa shape index (κ1) is 9.90. The minimum Gasteiger partial charge on any atom is -0.372 e. The van der Waals surface area contributed by atoms with Gasteiger partial charge in [-0.1, -0.05) is 17.7 Å². The lowest BCUT2D eigenvalue weighted by Crippen LogP contribution is -2.23. The fourth-order valence-electron chi connectivity index (χ4n) is 1.64. The Balaban J connectivity index is 2.28. The average molecular weight is 216 g/mol. The number of halogens is 2. The normalized spacial score (nSPS) is 26.8. The molecule has 2 atom stereocenters. The van der Waals surface area contributed by atoms with Crippen molar-refractivity contribution in [3.8, 4) is 0 Å². The van der Waals surface area contributed by atoms with E-state index in [0.717, 1.165) is 12.0 Å². The SMILES string of the molecule is NC1CCOC1c1ccc(F)c(Cl)c1. The van der Waals surface area contributed by atoms with Crippen LogP contribution in [0.4, 0.5) is 4.39 Å². The second-order valence-corrected chi connectivity index (χ2v) is 3.82. The molecule has 0 aliphatic carbocycles. The van der Waals surface area contributed by atoms with Gasteiger partial charge in [-0.2, -0.15) is 0 Å². The predicted molar refractivity (Wildman–Crippen MR) is 52.7 cm³/mol. The molecule has 2 N–H and O–H groups in total. The first-order valence-electron chi connectivity index (χ1n) is 4.50. The van der Waals surface area contributed by atoms with Gasteiger partial charge in [0.05, 0.1) is 11.1 Å². The van der Waals surface area contributed by atoms with Gasteiger partial charge in [-0.15, -0.1) is 0 Å². The van der Waals surface area contributed by atoms with Crippen molar-refractivity contribution in [3.63, 3.8) is 0 Å². The summed E-state index contributed by atoms with van der Waals surface area (Å²) in [7, 11) is 0. The van der Waals surface area contributed by atoms with Crippen LogP contribution in [0.1, 0.15) is 18.1 Å². The van der Waals surface area contributed by atoms with Crippen LogP contribution in [0, 0.1) is 5.82 Å². The Morgan fingerprint density at radius 1 is 1.50 bits per heavy atom. The number of hydrogen-bond acceptors (Lipinski definition) is 2. The van der Waals surface area contributed by atoms with E-state index in [2.05, 4.69) is 0 Å². The summed E-state index contributed by atoms with van der Waals surface area (Å²) in [6.45, 7) is 0.654. The van der Waals surface area contributed by atoms with Crippen molar-refractivity contribution >= 4 is 11.6 Å². The van der Waals surface area contributed by atoms with Crippen LogP contribution in [0.15, 0.2) is 18.2 Å². The molecule has 4 heteroatoms. The quantitative estimate of drug-likeness (QED) is 0.780. The lowest BCUT2D eigenvalue weighted by molar-refractivity contribution is 0.105. The maximum absolute atomic E-state index is 12.9. The predicted octanol–water partition coefficient (Wildman–Crippen LogP) is 2.27. The van der Waals surface area contributed by atoms with Crippen molar-refractivity contribution in [2.24, 2.45) is 5.73 Å². The maximum Gasteiger partial charge on any atom is 0.141 e. The summed E-state index contributed by atoms with van der Waals surface area (Å²) < 4.78 is 18.3. The van der Waals surface area contributed by atoms with Crippen LogP contribution in [0.5, 0.6) is 0 Å². The molecule has 0 spiro atoms. The third-order valence-electron chi connectivity index (χ3n) is 2.41. The van der Waals surface area contributed by atoms with Gasteiger partial charge >= 0.3 is 0 Å². The molecule has 0 bridgehead atoms. The highest BCUT2D eigenvalue weighted by molar-refractivity contribution is 6.30. The summed E-state index contributed by atoms with van der Waals surface area (Å²) in [6, 6.07) is 4.56. The highest BCUT2D eigenvalue weighted by Gasteiger charge is 2.26. The molecule has 1 aromatic rings. The molecule has 76 valence electrons. The van der Waals surface area contributed by atoms with Crippen molar-refractivity contribution in [2.75, 3.05) is 6.61 Å². The summed E-state index contributed by atoms with van der Waals surface area (Å²) in [5.41, 5.74) is 6.69. The van der Waals surface area contributed by atoms with E-state index in [-0.39, 0.29) is 17.2 Å². The van der Waals surface area contributed by atoms with Crippen LogP contribution in [-0.4, -0.2) is 12.6 Å². The van der Waals surface area contributed by atoms with E-state index in [4.69, 9.17) is 22.1 Å². The number of hydrogen-bond donors (Lipinski definition) is 1. The van der Waals surface area contributed by atoms with Gasteiger partial charge < -0.3 is 10.5 Å². The van der Waals surface area contributed by atoms with Gasteiger partial charge in [0, 0.05) is 12.6 Å². The smallest absolute Gasteiger partial charge is 0.141 e. The Kier molecular flexibility index (Phi) is 2.72. The van der Waals surface area contributed by atoms with Crippen LogP contribution < -0.4 is 5.73 Å². The number of rotatable bonds is 1. The molecular weight excluding hydrogens is 205 g/mol. The summed E-state index contributed by atoms with van der Waals surface area (Å²) in [5.74, 6) is -0.415. The molecule has 1 aliphatic heterocycles. The standard InChI is InChI=1S/C10H11ClFNO/c11-7-5-6(1-2-8(7)12)10-9(13)3-4-14-10/h1-2,5,9-10H,3-4,13H2. The fourth-order valence-corrected chi connectivity index (χ4v) is 1.83. The minimum absolute atomic E-state index is 0.0171. The van der Waals surface area contributed by atoms with Gasteiger partial charge in [0.1, 0.15) is 5.82 Å². The number of ether oxygens (including phenoxy) is 1. The molecule has 14 heavy (non-hydrogen) atoms. The molecule has 1 aliphatic rings. The van der Waals surface area contributed by atoms with E-state index < -0.39 is 5.82 Å². The molecule has 1 heterocycles. The molecule has 1 fully saturated rings. The minimum atomic E-state index is -0.415. The lowest BCUT2D eigenvalue weighted by Gasteiger charge is -2.15. The van der Waals surface area contributed by atoms with Crippen molar-refractivity contribution in [1.82, 2.24) is 0 Å². The molecular formula is C10H11ClFNO. The first-order valence-corrected chi connectivity index (χ1v) is 4.88. The zero-order valence-corrected chi connectivity index (χ0v) is 8.30. The maximum atomic E-state index is 12.9. The average Bonchev–Trinajstić information content (AvgIpc) is 2.57. The van der Waals surface area contributed by atoms with Gasteiger partial charge in [-0.25, -0.2) is 4.39 Å². The van der Waals surface area contributed by atoms with E-state index in [1.807, 2.05) is 0 Å². The van der Waals surface area contributed by atoms with Gasteiger partial charge in [0.2, 0.25) is 0 Å². The van der Waals surface area contributed by atoms with Crippen LogP contribution in [-0.2, 0) is 4.74 Å². The van der Waals surface area contributed by atoms with Crippen LogP contribution in [0.2, 0.25) is 5.02 Å². The van der Waals surface area contributed by atoms with Crippen molar-refractivity contribution in [1.29, 1.82) is 0 Å². The summed E-state index contributed by atoms with van der Waals surface area (Å²) >= 11 is 5.67. The second-order valence-electron chi connectivity index (χ2n) is 3.42. The Hall–Kier alpha value is -0.640. The van der Waals surface area contributed by atoms with Gasteiger partial charge in [-0.3, -0.25) is 0 Å². The highest BCUT2D eigenvalue weighted by atomic mass is 35.5. The molecule has 0 radical (unpaired) electrons. The third-order valence-corrected chi connectivity index (χ3v) is 2.70. The summed E-state index contributed by atoms with van der Waals surface area (Å²) in [6.07, 6.45) is 0.688. The van der Waals surface area contributed by atoms with Crippen LogP contribution >= 0.6 is 11.6 Å². The second kappa shape index (κ2) is 3.85. The first-order chi connectivity index (χ1) is 6.68. The molecule has 0 aromatic heterocycles. The Morgan fingerprint density at radius 2 is 2.29 bits per heavy atom. The number of nitrogens with two attached hydrogens (primary N) is 1. The third kappa shape index (κ3) is 1.75. The van der Waals surface area contributed by atoms with E-state index in [9.17, 15) is 4.39 Å².